The van der Waals surface area contributed by atoms with Gasteiger partial charge in [-0.2, -0.15) is 0 Å². The molecule has 0 bridgehead atoms. The summed E-state index contributed by atoms with van der Waals surface area (Å²) in [5.41, 5.74) is 0. The van der Waals surface area contributed by atoms with Gasteiger partial charge in [0.15, 0.2) is 0 Å². The van der Waals surface area contributed by atoms with Crippen molar-refractivity contribution in [1.82, 2.24) is 0 Å². The summed E-state index contributed by atoms with van der Waals surface area (Å²) in [6.45, 7) is 2.32. The van der Waals surface area contributed by atoms with Gasteiger partial charge < -0.3 is 51.8 Å². The molecule has 0 aromatic carbocycles. The zero-order valence-electron chi connectivity index (χ0n) is 12.1. The van der Waals surface area contributed by atoms with Crippen molar-refractivity contribution in [2.75, 3.05) is 0 Å². The van der Waals surface area contributed by atoms with E-state index in [0.717, 1.165) is 5.92 Å². The van der Waals surface area contributed by atoms with Crippen molar-refractivity contribution >= 4 is 73.1 Å². The predicted molar refractivity (Wildman–Crippen MR) is 74.6 cm³/mol. The number of halogens is 12. The van der Waals surface area contributed by atoms with Gasteiger partial charge in [0.2, 0.25) is 0 Å². The molecule has 24 heavy (non-hydrogen) atoms. The molecule has 1 fully saturated rings. The molecular weight excluding hydrogens is 396 g/mol. The molecule has 0 unspecified atom stereocenters. The van der Waals surface area contributed by atoms with Gasteiger partial charge in [0.25, 0.3) is 0 Å². The van der Waals surface area contributed by atoms with Crippen molar-refractivity contribution in [2.45, 2.75) is 45.4 Å². The van der Waals surface area contributed by atoms with E-state index in [1.165, 1.54) is 38.5 Å². The predicted octanol–water partition coefficient (Wildman–Crippen LogP) is 6.23. The van der Waals surface area contributed by atoms with Crippen LogP contribution in [0.2, 0.25) is 0 Å². The summed E-state index contributed by atoms with van der Waals surface area (Å²) in [7, 11) is -18.0. The minimum absolute atomic E-state index is 0. The molecule has 0 atom stereocenters. The quantitative estimate of drug-likeness (QED) is 0.354. The first kappa shape index (κ1) is 32.6. The zero-order chi connectivity index (χ0) is 19.3. The van der Waals surface area contributed by atoms with Crippen molar-refractivity contribution < 1.29 is 51.8 Å². The molecule has 1 aliphatic rings. The summed E-state index contributed by atoms with van der Waals surface area (Å²) >= 11 is 0. The first-order chi connectivity index (χ1) is 9.93. The maximum absolute atomic E-state index is 9.75. The van der Waals surface area contributed by atoms with Crippen molar-refractivity contribution in [3.8, 4) is 0 Å². The van der Waals surface area contributed by atoms with Crippen LogP contribution in [0.15, 0.2) is 0 Å². The Morgan fingerprint density at radius 2 is 0.792 bits per heavy atom. The average Bonchev–Trinajstić information content (AvgIpc) is 2.23. The van der Waals surface area contributed by atoms with Crippen LogP contribution in [0.3, 0.4) is 0 Å². The van der Waals surface area contributed by atoms with Gasteiger partial charge in [-0.15, -0.1) is 0 Å². The summed E-state index contributed by atoms with van der Waals surface area (Å²) in [6.07, 6.45) is 8.93. The summed E-state index contributed by atoms with van der Waals surface area (Å²) in [5.74, 6) is 1.09. The third-order valence-corrected chi connectivity index (χ3v) is 2.30. The molecule has 0 radical (unpaired) electrons. The Bertz CT molecular complexity index is 214. The van der Waals surface area contributed by atoms with E-state index in [9.17, 15) is 51.8 Å². The molecule has 0 spiro atoms. The molecule has 1 rings (SSSR count). The third-order valence-electron chi connectivity index (χ3n) is 2.30. The van der Waals surface area contributed by atoms with Crippen molar-refractivity contribution in [2.24, 2.45) is 5.92 Å². The van der Waals surface area contributed by atoms with Gasteiger partial charge in [-0.3, -0.25) is 0 Å². The Kier molecular flexibility index (Phi) is 22.0. The Balaban J connectivity index is -0.000000113. The van der Waals surface area contributed by atoms with Crippen LogP contribution in [0, 0.1) is 5.92 Å². The monoisotopic (exact) mass is 413 g/mol. The molecule has 0 aliphatic heterocycles. The summed E-state index contributed by atoms with van der Waals surface area (Å²) in [5, 5.41) is 0. The molecule has 0 saturated heterocycles. The van der Waals surface area contributed by atoms with E-state index in [0.29, 0.717) is 0 Å². The molecule has 1 saturated carbocycles. The fraction of sp³-hybridized carbons (Fsp3) is 1.00. The minimum atomic E-state index is -6.00. The normalized spacial score (nSPS) is 15.4. The number of hydrogen-bond donors (Lipinski definition) is 0. The van der Waals surface area contributed by atoms with Gasteiger partial charge >= 0.3 is 73.1 Å². The van der Waals surface area contributed by atoms with Crippen molar-refractivity contribution in [3.05, 3.63) is 0 Å². The molecule has 0 aromatic heterocycles. The van der Waals surface area contributed by atoms with Gasteiger partial charge in [-0.05, 0) is 5.92 Å². The van der Waals surface area contributed by atoms with E-state index in [4.69, 9.17) is 0 Å². The molecular formula is C8H17B3F12K-3. The Labute approximate surface area is 175 Å². The first-order valence-electron chi connectivity index (χ1n) is 6.55. The molecule has 0 heterocycles. The Morgan fingerprint density at radius 3 is 0.917 bits per heavy atom. The Hall–Kier alpha value is 0.991. The topological polar surface area (TPSA) is 0 Å². The fourth-order valence-corrected chi connectivity index (χ4v) is 1.60. The second-order valence-electron chi connectivity index (χ2n) is 4.40. The molecule has 0 nitrogen and oxygen atoms in total. The van der Waals surface area contributed by atoms with Crippen LogP contribution < -0.4 is 0 Å². The molecule has 0 aromatic rings. The fourth-order valence-electron chi connectivity index (χ4n) is 1.60. The van der Waals surface area contributed by atoms with Gasteiger partial charge in [0.05, 0.1) is 0 Å². The molecule has 146 valence electrons. The van der Waals surface area contributed by atoms with Crippen molar-refractivity contribution in [1.29, 1.82) is 0 Å². The van der Waals surface area contributed by atoms with Gasteiger partial charge in [0, 0.05) is 0 Å². The van der Waals surface area contributed by atoms with Crippen LogP contribution in [0.5, 0.6) is 0 Å². The van der Waals surface area contributed by atoms with Crippen molar-refractivity contribution in [3.63, 3.8) is 0 Å². The van der Waals surface area contributed by atoms with Crippen LogP contribution in [-0.4, -0.2) is 73.1 Å². The average molecular weight is 413 g/mol. The Morgan fingerprint density at radius 1 is 0.583 bits per heavy atom. The summed E-state index contributed by atoms with van der Waals surface area (Å²) in [4.78, 5) is 0. The maximum atomic E-state index is 9.75. The van der Waals surface area contributed by atoms with Gasteiger partial charge in [0.1, 0.15) is 0 Å². The van der Waals surface area contributed by atoms with Crippen LogP contribution >= 0.6 is 0 Å². The summed E-state index contributed by atoms with van der Waals surface area (Å²) in [6, 6.07) is 0. The first-order valence-corrected chi connectivity index (χ1v) is 6.55. The van der Waals surface area contributed by atoms with Crippen LogP contribution in [0.1, 0.15) is 45.4 Å². The number of rotatable bonds is 1. The van der Waals surface area contributed by atoms with Gasteiger partial charge in [-0.25, -0.2) is 0 Å². The standard InChI is InChI=1S/C8H16.3BF4.K.H/c1-2-8-6-4-3-5-7-8;3*2-1(3,4)5;;/h8H,2-7H2,1H3;;;;;/q;3*-1;;. The molecule has 0 amide bonds. The van der Waals surface area contributed by atoms with E-state index in [2.05, 4.69) is 6.92 Å². The second-order valence-corrected chi connectivity index (χ2v) is 4.40. The van der Waals surface area contributed by atoms with Crippen LogP contribution in [0.25, 0.3) is 0 Å². The molecule has 0 N–H and O–H groups in total. The second kappa shape index (κ2) is 16.2. The third kappa shape index (κ3) is 92.0. The molecule has 16 heteroatoms. The molecule has 1 aliphatic carbocycles. The zero-order valence-corrected chi connectivity index (χ0v) is 12.1. The summed E-state index contributed by atoms with van der Waals surface area (Å²) < 4.78 is 117. The van der Waals surface area contributed by atoms with Crippen LogP contribution in [0.4, 0.5) is 51.8 Å². The van der Waals surface area contributed by atoms with Gasteiger partial charge in [-0.1, -0.05) is 45.4 Å². The SMILES string of the molecule is CCC1CCCCC1.F[B-](F)(F)F.F[B-](F)(F)F.F[B-](F)(F)F.[KH]. The number of hydrogen-bond acceptors (Lipinski definition) is 0. The van der Waals surface area contributed by atoms with E-state index >= 15 is 0 Å². The van der Waals surface area contributed by atoms with E-state index in [-0.39, 0.29) is 51.4 Å². The van der Waals surface area contributed by atoms with E-state index in [1.54, 1.807) is 0 Å². The van der Waals surface area contributed by atoms with Crippen LogP contribution in [-0.2, 0) is 0 Å². The van der Waals surface area contributed by atoms with E-state index in [1.807, 2.05) is 0 Å². The van der Waals surface area contributed by atoms with E-state index < -0.39 is 21.8 Å².